The topological polar surface area (TPSA) is 28.3 Å². The molecule has 0 spiro atoms. The molecule has 4 nitrogen and oxygen atoms in total. The molecule has 1 fully saturated rings. The van der Waals surface area contributed by atoms with Crippen molar-refractivity contribution in [2.45, 2.75) is 46.3 Å². The van der Waals surface area contributed by atoms with E-state index < -0.39 is 0 Å². The minimum atomic E-state index is -0.343. The zero-order valence-electron chi connectivity index (χ0n) is 47.2. The third kappa shape index (κ3) is 9.15. The summed E-state index contributed by atoms with van der Waals surface area (Å²) < 4.78 is 18.4. The maximum Gasteiger partial charge on any atom is 0.494 e. The molecular formula is C79H62BBrN2O2. The largest absolute Gasteiger partial charge is 0.494 e. The molecule has 3 heterocycles. The Morgan fingerprint density at radius 1 is 0.282 bits per heavy atom. The Balaban J connectivity index is 0.000000118. The highest BCUT2D eigenvalue weighted by atomic mass is 79.9. The zero-order chi connectivity index (χ0) is 56.7. The van der Waals surface area contributed by atoms with E-state index in [2.05, 4.69) is 326 Å². The van der Waals surface area contributed by atoms with Gasteiger partial charge in [-0.25, -0.2) is 0 Å². The van der Waals surface area contributed by atoms with Crippen LogP contribution in [0.15, 0.2) is 284 Å². The lowest BCUT2D eigenvalue weighted by atomic mass is 9.77. The Morgan fingerprint density at radius 2 is 0.588 bits per heavy atom. The first kappa shape index (κ1) is 53.7. The van der Waals surface area contributed by atoms with Crippen molar-refractivity contribution in [1.82, 2.24) is 9.13 Å². The number of fused-ring (bicyclic) bond motifs is 18. The van der Waals surface area contributed by atoms with Crippen LogP contribution in [0.3, 0.4) is 0 Å². The molecule has 17 rings (SSSR count). The second-order valence-electron chi connectivity index (χ2n) is 23.1. The molecule has 0 unspecified atom stereocenters. The standard InChI is InChI=1S/C36H23N.C24H23BO2.C18H12BrN.CH4/c1-2-10-26(11-3-1)37-35-17-9-8-16-32(35)34-23-25(19-21-36(34)37)24-18-20-31-29-14-5-4-12-27(29)28-13-6-7-15-30(28)33(31)22-24;1-23(2)24(3,4)27-25(26-23)16-13-14-21-19-11-6-5-9-17(19)18-10-7-8-12-20(18)22(21)15-16;19-13-10-11-18-16(12-13)15-8-4-5-9-17(15)20(18)14-6-2-1-3-7-14;/h1-23H;5-15H,1-4H3;1-12H;1H4. The fourth-order valence-corrected chi connectivity index (χ4v) is 13.3. The Bertz CT molecular complexity index is 5150. The van der Waals surface area contributed by atoms with E-state index >= 15 is 0 Å². The fourth-order valence-electron chi connectivity index (χ4n) is 12.9. The Labute approximate surface area is 504 Å². The van der Waals surface area contributed by atoms with Gasteiger partial charge in [0.15, 0.2) is 0 Å². The Hall–Kier alpha value is -9.30. The molecule has 16 aromatic rings. The summed E-state index contributed by atoms with van der Waals surface area (Å²) in [5.41, 5.74) is 10.2. The van der Waals surface area contributed by atoms with Crippen LogP contribution in [0.4, 0.5) is 0 Å². The van der Waals surface area contributed by atoms with Crippen LogP contribution in [0, 0.1) is 0 Å². The predicted octanol–water partition coefficient (Wildman–Crippen LogP) is 21.5. The van der Waals surface area contributed by atoms with E-state index in [1.54, 1.807) is 0 Å². The second kappa shape index (κ2) is 21.4. The van der Waals surface area contributed by atoms with Gasteiger partial charge in [0.25, 0.3) is 0 Å². The first-order valence-corrected chi connectivity index (χ1v) is 29.7. The quantitative estimate of drug-likeness (QED) is 0.130. The average molecular weight is 1160 g/mol. The molecule has 6 heteroatoms. The first-order chi connectivity index (χ1) is 41.1. The van der Waals surface area contributed by atoms with Gasteiger partial charge in [0.05, 0.1) is 33.3 Å². The van der Waals surface area contributed by atoms with Gasteiger partial charge in [0, 0.05) is 37.4 Å². The number of halogens is 1. The van der Waals surface area contributed by atoms with E-state index in [-0.39, 0.29) is 25.7 Å². The van der Waals surface area contributed by atoms with E-state index in [1.807, 2.05) is 6.07 Å². The van der Waals surface area contributed by atoms with Crippen molar-refractivity contribution >= 4 is 137 Å². The third-order valence-electron chi connectivity index (χ3n) is 17.7. The van der Waals surface area contributed by atoms with E-state index in [1.165, 1.54) is 131 Å². The molecule has 410 valence electrons. The number of nitrogens with zero attached hydrogens (tertiary/aromatic N) is 2. The number of hydrogen-bond acceptors (Lipinski definition) is 2. The summed E-state index contributed by atoms with van der Waals surface area (Å²) in [4.78, 5) is 0. The molecule has 0 aliphatic carbocycles. The minimum Gasteiger partial charge on any atom is -0.399 e. The van der Waals surface area contributed by atoms with Crippen molar-refractivity contribution in [3.05, 3.63) is 284 Å². The molecule has 0 atom stereocenters. The summed E-state index contributed by atoms with van der Waals surface area (Å²) in [5.74, 6) is 0. The summed E-state index contributed by atoms with van der Waals surface area (Å²) in [7, 11) is -0.343. The van der Waals surface area contributed by atoms with Gasteiger partial charge in [-0.15, -0.1) is 0 Å². The average Bonchev–Trinajstić information content (AvgIpc) is 3.75. The van der Waals surface area contributed by atoms with Gasteiger partial charge < -0.3 is 18.4 Å². The van der Waals surface area contributed by atoms with Gasteiger partial charge in [-0.3, -0.25) is 0 Å². The van der Waals surface area contributed by atoms with Crippen LogP contribution in [0.1, 0.15) is 35.1 Å². The van der Waals surface area contributed by atoms with Crippen molar-refractivity contribution in [2.75, 3.05) is 0 Å². The first-order valence-electron chi connectivity index (χ1n) is 28.9. The Morgan fingerprint density at radius 3 is 1.04 bits per heavy atom. The predicted molar refractivity (Wildman–Crippen MR) is 369 cm³/mol. The molecule has 0 amide bonds. The van der Waals surface area contributed by atoms with Gasteiger partial charge in [-0.2, -0.15) is 0 Å². The van der Waals surface area contributed by atoms with Crippen LogP contribution >= 0.6 is 15.9 Å². The number of aromatic nitrogens is 2. The van der Waals surface area contributed by atoms with Crippen LogP contribution in [0.5, 0.6) is 0 Å². The van der Waals surface area contributed by atoms with Crippen molar-refractivity contribution in [3.8, 4) is 22.5 Å². The second-order valence-corrected chi connectivity index (χ2v) is 24.0. The van der Waals surface area contributed by atoms with Crippen molar-refractivity contribution in [2.24, 2.45) is 0 Å². The van der Waals surface area contributed by atoms with E-state index in [9.17, 15) is 0 Å². The smallest absolute Gasteiger partial charge is 0.399 e. The van der Waals surface area contributed by atoms with Crippen molar-refractivity contribution in [3.63, 3.8) is 0 Å². The minimum absolute atomic E-state index is 0. The van der Waals surface area contributed by atoms with Gasteiger partial charge in [-0.1, -0.05) is 230 Å². The van der Waals surface area contributed by atoms with Gasteiger partial charge in [-0.05, 0) is 182 Å². The molecule has 1 saturated heterocycles. The summed E-state index contributed by atoms with van der Waals surface area (Å²) in [6.45, 7) is 8.38. The molecule has 0 bridgehead atoms. The normalized spacial score (nSPS) is 13.7. The summed E-state index contributed by atoms with van der Waals surface area (Å²) in [6.07, 6.45) is 0. The lowest BCUT2D eigenvalue weighted by Gasteiger charge is -2.32. The molecule has 0 radical (unpaired) electrons. The van der Waals surface area contributed by atoms with Crippen LogP contribution in [-0.2, 0) is 9.31 Å². The molecule has 1 aliphatic heterocycles. The monoisotopic (exact) mass is 1160 g/mol. The molecule has 0 N–H and O–H groups in total. The molecule has 14 aromatic carbocycles. The molecule has 85 heavy (non-hydrogen) atoms. The van der Waals surface area contributed by atoms with E-state index in [4.69, 9.17) is 9.31 Å². The highest BCUT2D eigenvalue weighted by Gasteiger charge is 2.51. The lowest BCUT2D eigenvalue weighted by molar-refractivity contribution is 0.00578. The number of hydrogen-bond donors (Lipinski definition) is 0. The number of rotatable bonds is 4. The lowest BCUT2D eigenvalue weighted by Crippen LogP contribution is -2.41. The van der Waals surface area contributed by atoms with Crippen LogP contribution < -0.4 is 5.46 Å². The number of benzene rings is 14. The SMILES string of the molecule is Brc1ccc2c(c1)c1ccccc1n2-c1ccccc1.C.CC1(C)OB(c2ccc3c4ccccc4c4ccccc4c3c2)OC1(C)C.c1ccc(-n2c3ccccc3c3cc(-c4ccc5c6ccccc6c6ccccc6c5c4)ccc32)cc1. The highest BCUT2D eigenvalue weighted by Crippen LogP contribution is 2.42. The number of para-hydroxylation sites is 4. The van der Waals surface area contributed by atoms with Crippen LogP contribution in [-0.4, -0.2) is 27.5 Å². The van der Waals surface area contributed by atoms with Crippen LogP contribution in [0.2, 0.25) is 0 Å². The van der Waals surface area contributed by atoms with Gasteiger partial charge in [0.2, 0.25) is 0 Å². The van der Waals surface area contributed by atoms with E-state index in [0.717, 1.165) is 9.94 Å². The summed E-state index contributed by atoms with van der Waals surface area (Å²) in [5, 5.41) is 20.6. The molecule has 1 aliphatic rings. The van der Waals surface area contributed by atoms with E-state index in [0.29, 0.717) is 0 Å². The maximum atomic E-state index is 6.28. The van der Waals surface area contributed by atoms with Crippen LogP contribution in [0.25, 0.3) is 131 Å². The Kier molecular flexibility index (Phi) is 13.5. The van der Waals surface area contributed by atoms with Gasteiger partial charge >= 0.3 is 7.12 Å². The van der Waals surface area contributed by atoms with Crippen molar-refractivity contribution < 1.29 is 9.31 Å². The molecule has 2 aromatic heterocycles. The molecular weight excluding hydrogens is 1100 g/mol. The highest BCUT2D eigenvalue weighted by molar-refractivity contribution is 9.10. The fraction of sp³-hybridized carbons (Fsp3) is 0.0886. The zero-order valence-corrected chi connectivity index (χ0v) is 48.8. The van der Waals surface area contributed by atoms with Gasteiger partial charge in [0.1, 0.15) is 0 Å². The third-order valence-corrected chi connectivity index (χ3v) is 18.2. The summed E-state index contributed by atoms with van der Waals surface area (Å²) >= 11 is 3.57. The maximum absolute atomic E-state index is 6.28. The summed E-state index contributed by atoms with van der Waals surface area (Å²) in [6, 6.07) is 100. The van der Waals surface area contributed by atoms with Crippen molar-refractivity contribution in [1.29, 1.82) is 0 Å². The molecule has 0 saturated carbocycles.